The zero-order chi connectivity index (χ0) is 18.8. The van der Waals surface area contributed by atoms with Crippen LogP contribution in [0.25, 0.3) is 0 Å². The Morgan fingerprint density at radius 1 is 1.25 bits per heavy atom. The van der Waals surface area contributed by atoms with Crippen molar-refractivity contribution in [3.63, 3.8) is 0 Å². The molecule has 0 saturated carbocycles. The molecule has 1 aromatic carbocycles. The number of nitrogens with one attached hydrogen (secondary N) is 1. The molecular formula is C16H23F3N2O3. The molecule has 0 spiro atoms. The van der Waals surface area contributed by atoms with Crippen molar-refractivity contribution >= 4 is 11.8 Å². The van der Waals surface area contributed by atoms with Crippen molar-refractivity contribution in [2.75, 3.05) is 18.5 Å². The van der Waals surface area contributed by atoms with Crippen LogP contribution < -0.4 is 11.1 Å². The van der Waals surface area contributed by atoms with E-state index in [0.29, 0.717) is 5.56 Å². The van der Waals surface area contributed by atoms with Gasteiger partial charge >= 0.3 is 12.3 Å². The molecule has 1 aromatic rings. The maximum atomic E-state index is 13.0. The van der Waals surface area contributed by atoms with E-state index in [1.165, 1.54) is 6.07 Å². The minimum absolute atomic E-state index is 0.0160. The average molecular weight is 348 g/mol. The third kappa shape index (κ3) is 5.10. The summed E-state index contributed by atoms with van der Waals surface area (Å²) in [5, 5.41) is 11.9. The van der Waals surface area contributed by atoms with Gasteiger partial charge in [0.05, 0.1) is 12.2 Å². The third-order valence-electron chi connectivity index (χ3n) is 3.43. The van der Waals surface area contributed by atoms with Crippen LogP contribution in [0.3, 0.4) is 0 Å². The van der Waals surface area contributed by atoms with Gasteiger partial charge in [0, 0.05) is 17.6 Å². The summed E-state index contributed by atoms with van der Waals surface area (Å²) in [5.41, 5.74) is 3.12. The van der Waals surface area contributed by atoms with Crippen LogP contribution in [0.15, 0.2) is 18.2 Å². The van der Waals surface area contributed by atoms with Crippen molar-refractivity contribution in [3.8, 4) is 0 Å². The highest BCUT2D eigenvalue weighted by molar-refractivity contribution is 5.86. The van der Waals surface area contributed by atoms with Gasteiger partial charge in [0.2, 0.25) is 0 Å². The summed E-state index contributed by atoms with van der Waals surface area (Å²) in [4.78, 5) is 11.9. The van der Waals surface area contributed by atoms with E-state index in [2.05, 4.69) is 5.32 Å². The standard InChI is InChI=1S/C16H23F3N2O3/c1-14(2,3)24-13(23)21-12-7-10(16(17,18)19)5-6-11(12)15(4,8-20)9-22/h5-7,22H,8-9,20H2,1-4H3,(H,21,23). The Morgan fingerprint density at radius 3 is 2.25 bits per heavy atom. The Hall–Kier alpha value is -1.80. The summed E-state index contributed by atoms with van der Waals surface area (Å²) in [5.74, 6) is 0. The second-order valence-electron chi connectivity index (χ2n) is 6.81. The molecule has 1 rings (SSSR count). The number of aliphatic hydroxyl groups excluding tert-OH is 1. The number of rotatable bonds is 4. The quantitative estimate of drug-likeness (QED) is 0.780. The molecule has 4 N–H and O–H groups in total. The fraction of sp³-hybridized carbons (Fsp3) is 0.562. The van der Waals surface area contributed by atoms with Crippen LogP contribution >= 0.6 is 0 Å². The molecule has 5 nitrogen and oxygen atoms in total. The van der Waals surface area contributed by atoms with Gasteiger partial charge in [0.1, 0.15) is 5.60 Å². The lowest BCUT2D eigenvalue weighted by molar-refractivity contribution is -0.137. The Bertz CT molecular complexity index is 591. The molecule has 0 heterocycles. The molecule has 0 saturated heterocycles. The number of benzene rings is 1. The molecule has 0 radical (unpaired) electrons. The van der Waals surface area contributed by atoms with E-state index in [0.717, 1.165) is 12.1 Å². The number of alkyl halides is 3. The molecule has 0 aliphatic carbocycles. The molecule has 24 heavy (non-hydrogen) atoms. The lowest BCUT2D eigenvalue weighted by Gasteiger charge is -2.29. The second-order valence-corrected chi connectivity index (χ2v) is 6.81. The van der Waals surface area contributed by atoms with Crippen molar-refractivity contribution in [2.24, 2.45) is 5.73 Å². The maximum absolute atomic E-state index is 13.0. The number of aliphatic hydroxyl groups is 1. The molecule has 1 unspecified atom stereocenters. The summed E-state index contributed by atoms with van der Waals surface area (Å²) in [7, 11) is 0. The summed E-state index contributed by atoms with van der Waals surface area (Å²) >= 11 is 0. The molecule has 0 aliphatic rings. The number of anilines is 1. The van der Waals surface area contributed by atoms with Crippen LogP contribution in [-0.4, -0.2) is 30.0 Å². The Morgan fingerprint density at radius 2 is 1.83 bits per heavy atom. The second kappa shape index (κ2) is 6.98. The largest absolute Gasteiger partial charge is 0.444 e. The smallest absolute Gasteiger partial charge is 0.416 e. The van der Waals surface area contributed by atoms with E-state index in [1.54, 1.807) is 27.7 Å². The highest BCUT2D eigenvalue weighted by atomic mass is 19.4. The molecule has 0 bridgehead atoms. The van der Waals surface area contributed by atoms with Crippen LogP contribution in [-0.2, 0) is 16.3 Å². The molecular weight excluding hydrogens is 325 g/mol. The summed E-state index contributed by atoms with van der Waals surface area (Å²) < 4.78 is 43.9. The van der Waals surface area contributed by atoms with Crippen LogP contribution in [0.4, 0.5) is 23.7 Å². The van der Waals surface area contributed by atoms with Gasteiger partial charge in [-0.2, -0.15) is 13.2 Å². The monoisotopic (exact) mass is 348 g/mol. The number of hydrogen-bond donors (Lipinski definition) is 3. The van der Waals surface area contributed by atoms with Crippen LogP contribution in [0.5, 0.6) is 0 Å². The number of carbonyl (C=O) groups is 1. The number of hydrogen-bond acceptors (Lipinski definition) is 4. The van der Waals surface area contributed by atoms with Gasteiger partial charge in [0.15, 0.2) is 0 Å². The molecule has 0 fully saturated rings. The first-order valence-corrected chi connectivity index (χ1v) is 7.35. The van der Waals surface area contributed by atoms with E-state index < -0.39 is 35.5 Å². The van der Waals surface area contributed by atoms with Gasteiger partial charge in [-0.3, -0.25) is 5.32 Å². The number of halogens is 3. The third-order valence-corrected chi connectivity index (χ3v) is 3.43. The minimum Gasteiger partial charge on any atom is -0.444 e. The summed E-state index contributed by atoms with van der Waals surface area (Å²) in [6.07, 6.45) is -5.46. The average Bonchev–Trinajstić information content (AvgIpc) is 2.43. The van der Waals surface area contributed by atoms with E-state index >= 15 is 0 Å². The first-order chi connectivity index (χ1) is 10.8. The lowest BCUT2D eigenvalue weighted by Crippen LogP contribution is -2.37. The van der Waals surface area contributed by atoms with E-state index in [9.17, 15) is 23.1 Å². The number of carbonyl (C=O) groups excluding carboxylic acids is 1. The summed E-state index contributed by atoms with van der Waals surface area (Å²) in [6, 6.07) is 2.90. The number of amides is 1. The molecule has 0 aromatic heterocycles. The highest BCUT2D eigenvalue weighted by Gasteiger charge is 2.34. The number of ether oxygens (including phenoxy) is 1. The van der Waals surface area contributed by atoms with E-state index in [4.69, 9.17) is 10.5 Å². The first-order valence-electron chi connectivity index (χ1n) is 7.35. The molecule has 1 amide bonds. The minimum atomic E-state index is -4.57. The first kappa shape index (κ1) is 20.2. The van der Waals surface area contributed by atoms with Crippen molar-refractivity contribution in [1.82, 2.24) is 0 Å². The van der Waals surface area contributed by atoms with Crippen molar-refractivity contribution in [2.45, 2.75) is 44.9 Å². The maximum Gasteiger partial charge on any atom is 0.416 e. The van der Waals surface area contributed by atoms with Crippen molar-refractivity contribution in [1.29, 1.82) is 0 Å². The van der Waals surface area contributed by atoms with E-state index in [-0.39, 0.29) is 12.2 Å². The van der Waals surface area contributed by atoms with E-state index in [1.807, 2.05) is 0 Å². The SMILES string of the molecule is CC(C)(C)OC(=O)Nc1cc(C(F)(F)F)ccc1C(C)(CN)CO. The van der Waals surface area contributed by atoms with Crippen LogP contribution in [0.2, 0.25) is 0 Å². The van der Waals surface area contributed by atoms with Gasteiger partial charge in [-0.25, -0.2) is 4.79 Å². The van der Waals surface area contributed by atoms with Crippen LogP contribution in [0, 0.1) is 0 Å². The van der Waals surface area contributed by atoms with Gasteiger partial charge < -0.3 is 15.6 Å². The zero-order valence-corrected chi connectivity index (χ0v) is 14.1. The lowest BCUT2D eigenvalue weighted by atomic mass is 9.81. The van der Waals surface area contributed by atoms with Gasteiger partial charge in [0.25, 0.3) is 0 Å². The van der Waals surface area contributed by atoms with Crippen molar-refractivity contribution in [3.05, 3.63) is 29.3 Å². The highest BCUT2D eigenvalue weighted by Crippen LogP contribution is 2.36. The van der Waals surface area contributed by atoms with Crippen molar-refractivity contribution < 1.29 is 27.8 Å². The predicted molar refractivity (Wildman–Crippen MR) is 84.8 cm³/mol. The molecule has 8 heteroatoms. The zero-order valence-electron chi connectivity index (χ0n) is 14.1. The molecule has 0 aliphatic heterocycles. The Kier molecular flexibility index (Phi) is 5.89. The molecule has 1 atom stereocenters. The fourth-order valence-corrected chi connectivity index (χ4v) is 2.02. The predicted octanol–water partition coefficient (Wildman–Crippen LogP) is 3.26. The van der Waals surface area contributed by atoms with Gasteiger partial charge in [-0.15, -0.1) is 0 Å². The van der Waals surface area contributed by atoms with Gasteiger partial charge in [-0.1, -0.05) is 13.0 Å². The Labute approximate surface area is 139 Å². The Balaban J connectivity index is 3.33. The molecule has 136 valence electrons. The fourth-order valence-electron chi connectivity index (χ4n) is 2.02. The summed E-state index contributed by atoms with van der Waals surface area (Å²) in [6.45, 7) is 6.09. The van der Waals surface area contributed by atoms with Crippen LogP contribution in [0.1, 0.15) is 38.8 Å². The number of nitrogens with two attached hydrogens (primary N) is 1. The topological polar surface area (TPSA) is 84.6 Å². The normalized spacial score (nSPS) is 14.9. The van der Waals surface area contributed by atoms with Gasteiger partial charge in [-0.05, 0) is 38.5 Å².